The summed E-state index contributed by atoms with van der Waals surface area (Å²) >= 11 is 0. The Kier molecular flexibility index (Phi) is 5.79. The van der Waals surface area contributed by atoms with Gasteiger partial charge in [0.05, 0.1) is 12.3 Å². The molecule has 152 valence electrons. The average Bonchev–Trinajstić information content (AvgIpc) is 2.71. The lowest BCUT2D eigenvalue weighted by molar-refractivity contribution is -0.145. The van der Waals surface area contributed by atoms with Gasteiger partial charge < -0.3 is 15.3 Å². The van der Waals surface area contributed by atoms with Crippen molar-refractivity contribution in [3.63, 3.8) is 0 Å². The Morgan fingerprint density at radius 1 is 1.17 bits per heavy atom. The number of rotatable bonds is 7. The van der Waals surface area contributed by atoms with Crippen LogP contribution in [-0.2, 0) is 22.4 Å². The van der Waals surface area contributed by atoms with Crippen molar-refractivity contribution in [1.82, 2.24) is 9.88 Å². The van der Waals surface area contributed by atoms with E-state index in [2.05, 4.69) is 17.4 Å². The summed E-state index contributed by atoms with van der Waals surface area (Å²) in [4.78, 5) is 30.7. The van der Waals surface area contributed by atoms with Gasteiger partial charge in [-0.05, 0) is 48.8 Å². The Morgan fingerprint density at radius 3 is 2.72 bits per heavy atom. The highest BCUT2D eigenvalue weighted by Gasteiger charge is 2.35. The van der Waals surface area contributed by atoms with Crippen LogP contribution in [0.4, 0.5) is 5.82 Å². The Hall–Kier alpha value is -2.89. The summed E-state index contributed by atoms with van der Waals surface area (Å²) in [7, 11) is 0. The van der Waals surface area contributed by atoms with Gasteiger partial charge in [0, 0.05) is 25.3 Å². The van der Waals surface area contributed by atoms with Crippen LogP contribution in [-0.4, -0.2) is 46.5 Å². The number of carbonyl (C=O) groups excluding carboxylic acids is 1. The highest BCUT2D eigenvalue weighted by molar-refractivity contribution is 5.88. The zero-order valence-electron chi connectivity index (χ0n) is 16.5. The topological polar surface area (TPSA) is 82.5 Å². The summed E-state index contributed by atoms with van der Waals surface area (Å²) in [5, 5.41) is 12.6. The second-order valence-corrected chi connectivity index (χ2v) is 8.05. The van der Waals surface area contributed by atoms with Crippen LogP contribution in [0.2, 0.25) is 0 Å². The molecular formula is C23H27N3O3. The normalized spacial score (nSPS) is 17.0. The zero-order valence-corrected chi connectivity index (χ0v) is 16.5. The van der Waals surface area contributed by atoms with E-state index >= 15 is 0 Å². The molecule has 0 radical (unpaired) electrons. The molecule has 3 heterocycles. The van der Waals surface area contributed by atoms with Crippen molar-refractivity contribution in [2.45, 2.75) is 38.0 Å². The maximum Gasteiger partial charge on any atom is 0.304 e. The van der Waals surface area contributed by atoms with E-state index in [1.807, 2.05) is 30.3 Å². The van der Waals surface area contributed by atoms with Gasteiger partial charge >= 0.3 is 5.97 Å². The number of carboxylic acids is 1. The van der Waals surface area contributed by atoms with E-state index in [1.165, 1.54) is 5.56 Å². The Morgan fingerprint density at radius 2 is 1.97 bits per heavy atom. The van der Waals surface area contributed by atoms with Crippen LogP contribution in [0.3, 0.4) is 0 Å². The second kappa shape index (κ2) is 8.64. The molecule has 2 aliphatic rings. The third-order valence-corrected chi connectivity index (χ3v) is 5.91. The monoisotopic (exact) mass is 393 g/mol. The molecule has 1 aromatic carbocycles. The predicted octanol–water partition coefficient (Wildman–Crippen LogP) is 3.09. The minimum absolute atomic E-state index is 0.0778. The standard InChI is InChI=1S/C23H27N3O3/c27-21(28)13-20(17-5-2-1-3-6-17)23(29)26-14-16(15-26)8-10-19-11-9-18-7-4-12-24-22(18)25-19/h1-3,5-6,9,11,16,20H,4,7-8,10,12-15H2,(H,24,25)(H,27,28)/t20-/m0/s1. The maximum atomic E-state index is 12.9. The maximum absolute atomic E-state index is 12.9. The molecule has 4 rings (SSSR count). The summed E-state index contributed by atoms with van der Waals surface area (Å²) in [6, 6.07) is 13.5. The van der Waals surface area contributed by atoms with Gasteiger partial charge in [-0.15, -0.1) is 0 Å². The number of carbonyl (C=O) groups is 2. The van der Waals surface area contributed by atoms with Gasteiger partial charge in [-0.2, -0.15) is 0 Å². The number of hydrogen-bond donors (Lipinski definition) is 2. The second-order valence-electron chi connectivity index (χ2n) is 8.05. The number of nitrogens with zero attached hydrogens (tertiary/aromatic N) is 2. The van der Waals surface area contributed by atoms with Crippen LogP contribution >= 0.6 is 0 Å². The molecule has 0 aliphatic carbocycles. The predicted molar refractivity (Wildman–Crippen MR) is 111 cm³/mol. The van der Waals surface area contributed by atoms with Crippen molar-refractivity contribution in [3.8, 4) is 0 Å². The van der Waals surface area contributed by atoms with Gasteiger partial charge in [0.25, 0.3) is 0 Å². The Labute approximate surface area is 171 Å². The zero-order chi connectivity index (χ0) is 20.2. The number of hydrogen-bond acceptors (Lipinski definition) is 4. The molecule has 1 aromatic heterocycles. The molecule has 29 heavy (non-hydrogen) atoms. The van der Waals surface area contributed by atoms with Crippen molar-refractivity contribution >= 4 is 17.7 Å². The lowest BCUT2D eigenvalue weighted by Crippen LogP contribution is -2.51. The van der Waals surface area contributed by atoms with Crippen LogP contribution in [0.5, 0.6) is 0 Å². The number of carboxylic acid groups (broad SMARTS) is 1. The summed E-state index contributed by atoms with van der Waals surface area (Å²) in [6.45, 7) is 2.39. The number of nitrogens with one attached hydrogen (secondary N) is 1. The number of amides is 1. The van der Waals surface area contributed by atoms with Crippen molar-refractivity contribution in [2.75, 3.05) is 25.0 Å². The molecule has 2 aromatic rings. The van der Waals surface area contributed by atoms with Crippen molar-refractivity contribution < 1.29 is 14.7 Å². The van der Waals surface area contributed by atoms with E-state index in [4.69, 9.17) is 4.98 Å². The fourth-order valence-electron chi connectivity index (χ4n) is 4.22. The fourth-order valence-corrected chi connectivity index (χ4v) is 4.22. The smallest absolute Gasteiger partial charge is 0.304 e. The summed E-state index contributed by atoms with van der Waals surface area (Å²) in [5.41, 5.74) is 3.16. The van der Waals surface area contributed by atoms with Gasteiger partial charge in [0.1, 0.15) is 5.82 Å². The van der Waals surface area contributed by atoms with E-state index in [9.17, 15) is 14.7 Å². The molecular weight excluding hydrogens is 366 g/mol. The molecule has 2 aliphatic heterocycles. The summed E-state index contributed by atoms with van der Waals surface area (Å²) < 4.78 is 0. The SMILES string of the molecule is O=C(O)C[C@H](C(=O)N1CC(CCc2ccc3c(n2)NCCC3)C1)c1ccccc1. The molecule has 6 heteroatoms. The number of aromatic nitrogens is 1. The number of aliphatic carboxylic acids is 1. The van der Waals surface area contributed by atoms with Gasteiger partial charge in [0.2, 0.25) is 5.91 Å². The summed E-state index contributed by atoms with van der Waals surface area (Å²) in [6.07, 6.45) is 3.97. The first-order valence-corrected chi connectivity index (χ1v) is 10.4. The van der Waals surface area contributed by atoms with Gasteiger partial charge in [-0.25, -0.2) is 4.98 Å². The van der Waals surface area contributed by atoms with Crippen LogP contribution in [0, 0.1) is 5.92 Å². The largest absolute Gasteiger partial charge is 0.481 e. The number of aryl methyl sites for hydroxylation is 2. The Balaban J connectivity index is 1.30. The highest BCUT2D eigenvalue weighted by atomic mass is 16.4. The molecule has 0 unspecified atom stereocenters. The first-order chi connectivity index (χ1) is 14.1. The van der Waals surface area contributed by atoms with E-state index < -0.39 is 11.9 Å². The molecule has 1 atom stereocenters. The lowest BCUT2D eigenvalue weighted by Gasteiger charge is -2.41. The van der Waals surface area contributed by atoms with Gasteiger partial charge in [0.15, 0.2) is 0 Å². The van der Waals surface area contributed by atoms with Crippen molar-refractivity contribution in [3.05, 3.63) is 59.3 Å². The number of likely N-dealkylation sites (tertiary alicyclic amines) is 1. The third-order valence-electron chi connectivity index (χ3n) is 5.91. The number of anilines is 1. The lowest BCUT2D eigenvalue weighted by atomic mass is 9.88. The summed E-state index contributed by atoms with van der Waals surface area (Å²) in [5.74, 6) is -0.158. The molecule has 1 amide bonds. The van der Waals surface area contributed by atoms with E-state index in [1.54, 1.807) is 4.90 Å². The van der Waals surface area contributed by atoms with Crippen molar-refractivity contribution in [1.29, 1.82) is 0 Å². The number of fused-ring (bicyclic) bond motifs is 1. The molecule has 6 nitrogen and oxygen atoms in total. The molecule has 0 bridgehead atoms. The van der Waals surface area contributed by atoms with Crippen LogP contribution in [0.25, 0.3) is 0 Å². The average molecular weight is 393 g/mol. The van der Waals surface area contributed by atoms with Crippen LogP contribution in [0.15, 0.2) is 42.5 Å². The van der Waals surface area contributed by atoms with Crippen LogP contribution in [0.1, 0.15) is 42.0 Å². The van der Waals surface area contributed by atoms with Crippen LogP contribution < -0.4 is 5.32 Å². The fraction of sp³-hybridized carbons (Fsp3) is 0.435. The quantitative estimate of drug-likeness (QED) is 0.755. The van der Waals surface area contributed by atoms with Crippen molar-refractivity contribution in [2.24, 2.45) is 5.92 Å². The minimum atomic E-state index is -0.948. The number of benzene rings is 1. The van der Waals surface area contributed by atoms with E-state index in [0.29, 0.717) is 19.0 Å². The first-order valence-electron chi connectivity index (χ1n) is 10.4. The molecule has 1 fully saturated rings. The first kappa shape index (κ1) is 19.4. The number of pyridine rings is 1. The molecule has 0 saturated carbocycles. The van der Waals surface area contributed by atoms with E-state index in [-0.39, 0.29) is 12.3 Å². The third kappa shape index (κ3) is 4.58. The van der Waals surface area contributed by atoms with Gasteiger partial charge in [-0.3, -0.25) is 9.59 Å². The Bertz CT molecular complexity index is 878. The highest BCUT2D eigenvalue weighted by Crippen LogP contribution is 2.29. The molecule has 0 spiro atoms. The molecule has 2 N–H and O–H groups in total. The minimum Gasteiger partial charge on any atom is -0.481 e. The van der Waals surface area contributed by atoms with E-state index in [0.717, 1.165) is 49.3 Å². The molecule has 1 saturated heterocycles. The van der Waals surface area contributed by atoms with Gasteiger partial charge in [-0.1, -0.05) is 36.4 Å².